The van der Waals surface area contributed by atoms with Crippen molar-refractivity contribution in [2.24, 2.45) is 12.8 Å². The minimum Gasteiger partial charge on any atom is -0.367 e. The van der Waals surface area contributed by atoms with Crippen molar-refractivity contribution in [1.29, 1.82) is 0 Å². The molecule has 3 fully saturated rings. The Morgan fingerprint density at radius 1 is 1.08 bits per heavy atom. The van der Waals surface area contributed by atoms with Gasteiger partial charge in [0, 0.05) is 52.2 Å². The molecule has 1 unspecified atom stereocenters. The fourth-order valence-electron chi connectivity index (χ4n) is 5.44. The number of aromatic nitrogens is 2. The summed E-state index contributed by atoms with van der Waals surface area (Å²) in [6, 6.07) is 5.24. The van der Waals surface area contributed by atoms with Crippen LogP contribution in [0, 0.1) is 0 Å². The van der Waals surface area contributed by atoms with Crippen molar-refractivity contribution in [2.75, 3.05) is 39.3 Å². The van der Waals surface area contributed by atoms with Gasteiger partial charge < -0.3 is 15.4 Å². The number of imide groups is 1. The smallest absolute Gasteiger partial charge is 0.329 e. The van der Waals surface area contributed by atoms with E-state index in [1.807, 2.05) is 23.1 Å². The molecule has 0 saturated carbocycles. The fraction of sp³-hybridized carbons (Fsp3) is 0.600. The normalized spacial score (nSPS) is 25.8. The lowest BCUT2D eigenvalue weighted by Crippen LogP contribution is -2.53. The SMILES string of the molecule is Cn1c(=O)n(C2CCC(=O)NC2=O)c2ccc(CCN3CCN(C(=O)[C@@H]4CC[C@@H](N)CO4)CC3)cc21. The van der Waals surface area contributed by atoms with E-state index in [4.69, 9.17) is 10.5 Å². The predicted molar refractivity (Wildman–Crippen MR) is 132 cm³/mol. The molecule has 11 heteroatoms. The molecule has 2 aromatic rings. The van der Waals surface area contributed by atoms with E-state index in [-0.39, 0.29) is 36.1 Å². The molecule has 3 amide bonds. The number of fused-ring (bicyclic) bond motifs is 1. The first-order valence-corrected chi connectivity index (χ1v) is 12.7. The van der Waals surface area contributed by atoms with Gasteiger partial charge in [-0.1, -0.05) is 6.07 Å². The van der Waals surface area contributed by atoms with E-state index >= 15 is 0 Å². The van der Waals surface area contributed by atoms with Crippen LogP contribution in [0.15, 0.2) is 23.0 Å². The largest absolute Gasteiger partial charge is 0.367 e. The lowest BCUT2D eigenvalue weighted by molar-refractivity contribution is -0.148. The number of hydrogen-bond acceptors (Lipinski definition) is 7. The molecule has 3 aliphatic heterocycles. The molecule has 3 aliphatic rings. The first kappa shape index (κ1) is 24.7. The number of aryl methyl sites for hydroxylation is 1. The van der Waals surface area contributed by atoms with Crippen LogP contribution in [0.2, 0.25) is 0 Å². The van der Waals surface area contributed by atoms with Crippen molar-refractivity contribution in [3.63, 3.8) is 0 Å². The number of hydrogen-bond donors (Lipinski definition) is 2. The minimum atomic E-state index is -0.681. The molecule has 0 aliphatic carbocycles. The van der Waals surface area contributed by atoms with Crippen molar-refractivity contribution in [3.05, 3.63) is 34.2 Å². The van der Waals surface area contributed by atoms with Crippen LogP contribution in [0.3, 0.4) is 0 Å². The molecule has 3 N–H and O–H groups in total. The third-order valence-electron chi connectivity index (χ3n) is 7.66. The number of carbonyl (C=O) groups is 3. The second kappa shape index (κ2) is 10.2. The molecule has 194 valence electrons. The third kappa shape index (κ3) is 4.82. The van der Waals surface area contributed by atoms with E-state index in [0.717, 1.165) is 43.6 Å². The number of nitrogens with zero attached hydrogens (tertiary/aromatic N) is 4. The highest BCUT2D eigenvalue weighted by atomic mass is 16.5. The van der Waals surface area contributed by atoms with Crippen molar-refractivity contribution in [2.45, 2.75) is 50.3 Å². The molecule has 0 radical (unpaired) electrons. The summed E-state index contributed by atoms with van der Waals surface area (Å²) in [6.07, 6.45) is 2.51. The summed E-state index contributed by atoms with van der Waals surface area (Å²) in [5.74, 6) is -0.654. The number of piperazine rings is 1. The number of amides is 3. The lowest BCUT2D eigenvalue weighted by Gasteiger charge is -2.37. The Balaban J connectivity index is 1.19. The van der Waals surface area contributed by atoms with Crippen LogP contribution in [0.5, 0.6) is 0 Å². The van der Waals surface area contributed by atoms with Gasteiger partial charge in [-0.05, 0) is 43.4 Å². The average Bonchev–Trinajstić information content (AvgIpc) is 3.12. The summed E-state index contributed by atoms with van der Waals surface area (Å²) in [7, 11) is 1.71. The summed E-state index contributed by atoms with van der Waals surface area (Å²) >= 11 is 0. The van der Waals surface area contributed by atoms with Gasteiger partial charge in [0.2, 0.25) is 11.8 Å². The van der Waals surface area contributed by atoms with Crippen LogP contribution >= 0.6 is 0 Å². The summed E-state index contributed by atoms with van der Waals surface area (Å²) in [4.78, 5) is 53.9. The number of ether oxygens (including phenoxy) is 1. The number of benzene rings is 1. The summed E-state index contributed by atoms with van der Waals surface area (Å²) in [6.45, 7) is 4.29. The van der Waals surface area contributed by atoms with Crippen molar-refractivity contribution >= 4 is 28.8 Å². The molecule has 4 heterocycles. The quantitative estimate of drug-likeness (QED) is 0.532. The highest BCUT2D eigenvalue weighted by Crippen LogP contribution is 2.24. The fourth-order valence-corrected chi connectivity index (χ4v) is 5.44. The maximum Gasteiger partial charge on any atom is 0.329 e. The maximum absolute atomic E-state index is 13.0. The standard InChI is InChI=1S/C25H34N6O5/c1-28-20-14-16(2-4-18(20)31(25(28)35)19-5-7-22(32)27-23(19)33)8-9-29-10-12-30(13-11-29)24(34)21-6-3-17(26)15-36-21/h2,4,14,17,19,21H,3,5-13,15,26H2,1H3,(H,27,32,33)/t17-,19?,21+/m1/s1. The Bertz CT molecular complexity index is 1220. The van der Waals surface area contributed by atoms with E-state index < -0.39 is 11.9 Å². The van der Waals surface area contributed by atoms with Gasteiger partial charge in [-0.15, -0.1) is 0 Å². The first-order valence-electron chi connectivity index (χ1n) is 12.7. The van der Waals surface area contributed by atoms with Crippen LogP contribution in [-0.2, 0) is 32.6 Å². The maximum atomic E-state index is 13.0. The van der Waals surface area contributed by atoms with Crippen molar-refractivity contribution in [3.8, 4) is 0 Å². The molecule has 1 aromatic carbocycles. The van der Waals surface area contributed by atoms with E-state index in [1.54, 1.807) is 11.6 Å². The summed E-state index contributed by atoms with van der Waals surface area (Å²) in [5.41, 5.74) is 8.16. The topological polar surface area (TPSA) is 132 Å². The Kier molecular flexibility index (Phi) is 6.96. The van der Waals surface area contributed by atoms with E-state index in [0.29, 0.717) is 38.1 Å². The van der Waals surface area contributed by atoms with Gasteiger partial charge in [0.1, 0.15) is 12.1 Å². The Morgan fingerprint density at radius 2 is 1.86 bits per heavy atom. The Morgan fingerprint density at radius 3 is 2.56 bits per heavy atom. The first-order chi connectivity index (χ1) is 17.3. The number of rotatable bonds is 5. The second-order valence-corrected chi connectivity index (χ2v) is 10.1. The summed E-state index contributed by atoms with van der Waals surface area (Å²) < 4.78 is 8.71. The monoisotopic (exact) mass is 498 g/mol. The molecule has 3 atom stereocenters. The molecule has 0 spiro atoms. The zero-order valence-corrected chi connectivity index (χ0v) is 20.6. The number of piperidine rings is 1. The van der Waals surface area contributed by atoms with Crippen LogP contribution in [0.4, 0.5) is 0 Å². The van der Waals surface area contributed by atoms with Gasteiger partial charge in [0.05, 0.1) is 17.6 Å². The van der Waals surface area contributed by atoms with Gasteiger partial charge in [-0.2, -0.15) is 0 Å². The molecule has 11 nitrogen and oxygen atoms in total. The Hall–Kier alpha value is -3.02. The molecule has 36 heavy (non-hydrogen) atoms. The van der Waals surface area contributed by atoms with Crippen molar-refractivity contribution < 1.29 is 19.1 Å². The van der Waals surface area contributed by atoms with Gasteiger partial charge >= 0.3 is 5.69 Å². The van der Waals surface area contributed by atoms with E-state index in [1.165, 1.54) is 4.57 Å². The number of nitrogens with two attached hydrogens (primary N) is 1. The van der Waals surface area contributed by atoms with Gasteiger partial charge in [0.15, 0.2) is 0 Å². The molecule has 0 bridgehead atoms. The second-order valence-electron chi connectivity index (χ2n) is 10.1. The lowest BCUT2D eigenvalue weighted by atomic mass is 10.0. The highest BCUT2D eigenvalue weighted by molar-refractivity contribution is 6.00. The van der Waals surface area contributed by atoms with E-state index in [9.17, 15) is 19.2 Å². The zero-order valence-electron chi connectivity index (χ0n) is 20.6. The van der Waals surface area contributed by atoms with Crippen LogP contribution in [-0.4, -0.2) is 88.1 Å². The molecular weight excluding hydrogens is 464 g/mol. The predicted octanol–water partition coefficient (Wildman–Crippen LogP) is -0.489. The molecule has 1 aromatic heterocycles. The Labute approximate surface area is 209 Å². The van der Waals surface area contributed by atoms with Gasteiger partial charge in [0.25, 0.3) is 5.91 Å². The highest BCUT2D eigenvalue weighted by Gasteiger charge is 2.32. The van der Waals surface area contributed by atoms with Crippen LogP contribution in [0.1, 0.15) is 37.3 Å². The summed E-state index contributed by atoms with van der Waals surface area (Å²) in [5, 5.41) is 2.34. The third-order valence-corrected chi connectivity index (χ3v) is 7.66. The number of nitrogens with one attached hydrogen (secondary N) is 1. The average molecular weight is 499 g/mol. The number of carbonyl (C=O) groups excluding carboxylic acids is 3. The minimum absolute atomic E-state index is 0.0310. The van der Waals surface area contributed by atoms with Gasteiger partial charge in [-0.3, -0.25) is 33.7 Å². The number of imidazole rings is 1. The van der Waals surface area contributed by atoms with E-state index in [2.05, 4.69) is 10.2 Å². The molecule has 5 rings (SSSR count). The van der Waals surface area contributed by atoms with Gasteiger partial charge in [-0.25, -0.2) is 4.79 Å². The molecular formula is C25H34N6O5. The zero-order chi connectivity index (χ0) is 25.4. The van der Waals surface area contributed by atoms with Crippen molar-refractivity contribution in [1.82, 2.24) is 24.3 Å². The molecule has 3 saturated heterocycles. The van der Waals surface area contributed by atoms with Crippen LogP contribution in [0.25, 0.3) is 11.0 Å². The van der Waals surface area contributed by atoms with Crippen LogP contribution < -0.4 is 16.7 Å².